The topological polar surface area (TPSA) is 106 Å². The molecule has 0 radical (unpaired) electrons. The number of anilines is 1. The highest BCUT2D eigenvalue weighted by molar-refractivity contribution is 7.90. The lowest BCUT2D eigenvalue weighted by Crippen LogP contribution is -2.34. The van der Waals surface area contributed by atoms with Crippen LogP contribution in [-0.2, 0) is 11.2 Å². The van der Waals surface area contributed by atoms with Gasteiger partial charge in [0.25, 0.3) is 5.91 Å². The summed E-state index contributed by atoms with van der Waals surface area (Å²) in [5, 5.41) is 6.53. The number of fused-ring (bicyclic) bond motifs is 3. The van der Waals surface area contributed by atoms with Crippen molar-refractivity contribution in [2.75, 3.05) is 23.9 Å². The van der Waals surface area contributed by atoms with Gasteiger partial charge >= 0.3 is 0 Å². The minimum atomic E-state index is -0.866. The van der Waals surface area contributed by atoms with Crippen molar-refractivity contribution in [1.29, 1.82) is 0 Å². The lowest BCUT2D eigenvalue weighted by Gasteiger charge is -2.22. The van der Waals surface area contributed by atoms with Gasteiger partial charge in [-0.05, 0) is 25.5 Å². The van der Waals surface area contributed by atoms with E-state index in [1.165, 1.54) is 0 Å². The maximum Gasteiger partial charge on any atom is 0.253 e. The Bertz CT molecular complexity index is 1190. The molecule has 1 unspecified atom stereocenters. The predicted octanol–water partition coefficient (Wildman–Crippen LogP) is 3.27. The average Bonchev–Trinajstić information content (AvgIpc) is 3.19. The number of hydrogen-bond donors (Lipinski definition) is 3. The number of aromatic nitrogens is 3. The standard InChI is InChI=1S/C23H25N5O2S/c1-13-22-26-15(9-10-31(2)30)6-3-5-14-12-24-23(29)17-11-19(27-20(14)17)16-7-4-8-18(25-13)21(16)28-22/h3-4,6-8,11,14-15,27H,5,9-10,12H2,1-2H3,(H,24,29)(H,26,28)/b6-3+/t14-,15+,31?/m0/s1. The fraction of sp³-hybridized carbons (Fsp3) is 0.348. The summed E-state index contributed by atoms with van der Waals surface area (Å²) in [5.74, 6) is 1.47. The summed E-state index contributed by atoms with van der Waals surface area (Å²) >= 11 is -0.866. The summed E-state index contributed by atoms with van der Waals surface area (Å²) in [6, 6.07) is 7.86. The first kappa shape index (κ1) is 20.1. The highest BCUT2D eigenvalue weighted by Gasteiger charge is 2.28. The zero-order chi connectivity index (χ0) is 21.5. The maximum absolute atomic E-state index is 12.5. The van der Waals surface area contributed by atoms with Crippen LogP contribution in [-0.4, -0.2) is 50.0 Å². The van der Waals surface area contributed by atoms with Crippen LogP contribution >= 0.6 is 0 Å². The first-order valence-electron chi connectivity index (χ1n) is 10.5. The zero-order valence-corrected chi connectivity index (χ0v) is 18.4. The lowest BCUT2D eigenvalue weighted by molar-refractivity contribution is 0.0940. The highest BCUT2D eigenvalue weighted by atomic mass is 32.2. The van der Waals surface area contributed by atoms with Crippen LogP contribution in [0.25, 0.3) is 22.3 Å². The minimum Gasteiger partial charge on any atom is -0.617 e. The molecule has 2 aliphatic rings. The lowest BCUT2D eigenvalue weighted by atomic mass is 9.94. The number of rotatable bonds is 3. The summed E-state index contributed by atoms with van der Waals surface area (Å²) in [6.45, 7) is 2.55. The molecule has 3 atom stereocenters. The molecule has 1 aromatic carbocycles. The number of nitrogens with one attached hydrogen (secondary N) is 3. The molecule has 3 N–H and O–H groups in total. The molecule has 7 nitrogen and oxygen atoms in total. The Morgan fingerprint density at radius 1 is 1.26 bits per heavy atom. The quantitative estimate of drug-likeness (QED) is 0.433. The predicted molar refractivity (Wildman–Crippen MR) is 124 cm³/mol. The van der Waals surface area contributed by atoms with E-state index in [1.807, 2.05) is 31.2 Å². The third-order valence-electron chi connectivity index (χ3n) is 6.00. The van der Waals surface area contributed by atoms with Gasteiger partial charge in [0.1, 0.15) is 17.1 Å². The molecular formula is C23H25N5O2S. The van der Waals surface area contributed by atoms with Gasteiger partial charge in [0.15, 0.2) is 0 Å². The van der Waals surface area contributed by atoms with Crippen molar-refractivity contribution in [2.45, 2.75) is 31.7 Å². The Balaban J connectivity index is 1.68. The second-order valence-electron chi connectivity index (χ2n) is 8.23. The number of carbonyl (C=O) groups excluding carboxylic acids is 1. The van der Waals surface area contributed by atoms with Crippen LogP contribution in [0.15, 0.2) is 36.4 Å². The molecule has 4 bridgehead atoms. The van der Waals surface area contributed by atoms with Gasteiger partial charge in [-0.15, -0.1) is 0 Å². The fourth-order valence-electron chi connectivity index (χ4n) is 4.35. The van der Waals surface area contributed by atoms with E-state index >= 15 is 0 Å². The summed E-state index contributed by atoms with van der Waals surface area (Å²) in [5.41, 5.74) is 5.89. The molecule has 5 rings (SSSR count). The Morgan fingerprint density at radius 3 is 2.97 bits per heavy atom. The molecule has 2 aromatic heterocycles. The van der Waals surface area contributed by atoms with Gasteiger partial charge < -0.3 is 20.2 Å². The molecule has 8 heteroatoms. The van der Waals surface area contributed by atoms with Gasteiger partial charge in [-0.3, -0.25) is 4.79 Å². The van der Waals surface area contributed by atoms with Gasteiger partial charge in [-0.2, -0.15) is 0 Å². The normalized spacial score (nSPS) is 22.1. The van der Waals surface area contributed by atoms with Crippen molar-refractivity contribution in [1.82, 2.24) is 20.3 Å². The number of benzene rings is 1. The van der Waals surface area contributed by atoms with Gasteiger partial charge in [-0.25, -0.2) is 9.97 Å². The van der Waals surface area contributed by atoms with E-state index in [9.17, 15) is 9.35 Å². The molecule has 2 aliphatic heterocycles. The number of amides is 1. The van der Waals surface area contributed by atoms with Crippen molar-refractivity contribution in [2.24, 2.45) is 0 Å². The molecule has 0 saturated heterocycles. The Labute approximate surface area is 183 Å². The van der Waals surface area contributed by atoms with E-state index in [2.05, 4.69) is 27.8 Å². The Kier molecular flexibility index (Phi) is 5.19. The number of aromatic amines is 1. The van der Waals surface area contributed by atoms with Crippen molar-refractivity contribution >= 4 is 33.9 Å². The number of carbonyl (C=O) groups is 1. The van der Waals surface area contributed by atoms with Crippen LogP contribution in [0.5, 0.6) is 0 Å². The van der Waals surface area contributed by atoms with Crippen molar-refractivity contribution in [3.63, 3.8) is 0 Å². The number of allylic oxidation sites excluding steroid dienone is 1. The number of aryl methyl sites for hydroxylation is 1. The summed E-state index contributed by atoms with van der Waals surface area (Å²) < 4.78 is 11.7. The molecule has 0 spiro atoms. The van der Waals surface area contributed by atoms with E-state index in [0.29, 0.717) is 17.9 Å². The monoisotopic (exact) mass is 435 g/mol. The summed E-state index contributed by atoms with van der Waals surface area (Å²) in [4.78, 5) is 25.7. The molecule has 0 saturated carbocycles. The first-order chi connectivity index (χ1) is 15.0. The third kappa shape index (κ3) is 3.81. The number of nitrogens with zero attached hydrogens (tertiary/aromatic N) is 2. The molecule has 3 aromatic rings. The molecule has 1 amide bonds. The fourth-order valence-corrected chi connectivity index (χ4v) is 4.94. The van der Waals surface area contributed by atoms with Gasteiger partial charge in [0.2, 0.25) is 0 Å². The Hall–Kier alpha value is -2.84. The second kappa shape index (κ2) is 8.01. The third-order valence-corrected chi connectivity index (χ3v) is 6.81. The van der Waals surface area contributed by atoms with E-state index in [0.717, 1.165) is 52.3 Å². The number of H-pyrrole nitrogens is 1. The van der Waals surface area contributed by atoms with Crippen molar-refractivity contribution in [3.05, 3.63) is 53.4 Å². The van der Waals surface area contributed by atoms with Crippen LogP contribution in [0.3, 0.4) is 0 Å². The number of hydrogen-bond acceptors (Lipinski definition) is 5. The van der Waals surface area contributed by atoms with Crippen molar-refractivity contribution < 1.29 is 9.35 Å². The summed E-state index contributed by atoms with van der Waals surface area (Å²) in [7, 11) is 0. The zero-order valence-electron chi connectivity index (χ0n) is 17.6. The van der Waals surface area contributed by atoms with E-state index in [1.54, 1.807) is 6.26 Å². The molecule has 160 valence electrons. The van der Waals surface area contributed by atoms with Crippen LogP contribution in [0.1, 0.15) is 40.5 Å². The van der Waals surface area contributed by atoms with E-state index in [-0.39, 0.29) is 17.9 Å². The van der Waals surface area contributed by atoms with Crippen molar-refractivity contribution in [3.8, 4) is 11.3 Å². The van der Waals surface area contributed by atoms with Crippen LogP contribution < -0.4 is 10.6 Å². The van der Waals surface area contributed by atoms with Crippen LogP contribution in [0, 0.1) is 6.92 Å². The van der Waals surface area contributed by atoms with E-state index in [4.69, 9.17) is 9.97 Å². The first-order valence-corrected chi connectivity index (χ1v) is 12.2. The maximum atomic E-state index is 12.5. The molecule has 0 fully saturated rings. The summed E-state index contributed by atoms with van der Waals surface area (Å²) in [6.07, 6.45) is 7.54. The van der Waals surface area contributed by atoms with Gasteiger partial charge in [0.05, 0.1) is 29.1 Å². The average molecular weight is 436 g/mol. The SMILES string of the molecule is Cc1nc2cccc3c2nc1N[C@@H](CC[S+](C)[O-])/C=C/C[C@H]1CNC(=O)c2cc-3[nH]c21. The minimum absolute atomic E-state index is 0.00161. The van der Waals surface area contributed by atoms with E-state index < -0.39 is 11.2 Å². The van der Waals surface area contributed by atoms with Gasteiger partial charge in [-0.1, -0.05) is 35.5 Å². The van der Waals surface area contributed by atoms with Gasteiger partial charge in [0, 0.05) is 35.8 Å². The molecule has 0 aliphatic carbocycles. The van der Waals surface area contributed by atoms with Crippen LogP contribution in [0.4, 0.5) is 5.82 Å². The highest BCUT2D eigenvalue weighted by Crippen LogP contribution is 2.34. The molecule has 31 heavy (non-hydrogen) atoms. The second-order valence-corrected chi connectivity index (χ2v) is 9.78. The molecule has 4 heterocycles. The smallest absolute Gasteiger partial charge is 0.253 e. The number of para-hydroxylation sites is 1. The Morgan fingerprint density at radius 2 is 2.13 bits per heavy atom. The van der Waals surface area contributed by atoms with Crippen LogP contribution in [0.2, 0.25) is 0 Å². The molecular weight excluding hydrogens is 410 g/mol. The largest absolute Gasteiger partial charge is 0.617 e.